The van der Waals surface area contributed by atoms with E-state index in [1.807, 2.05) is 0 Å². The molecule has 0 saturated heterocycles. The molecule has 130 valence electrons. The van der Waals surface area contributed by atoms with Crippen molar-refractivity contribution >= 4 is 17.2 Å². The van der Waals surface area contributed by atoms with Crippen molar-refractivity contribution in [1.82, 2.24) is 15.3 Å². The minimum absolute atomic E-state index is 0.119. The zero-order valence-corrected chi connectivity index (χ0v) is 13.3. The lowest BCUT2D eigenvalue weighted by atomic mass is 10.2. The van der Waals surface area contributed by atoms with Gasteiger partial charge in [0.05, 0.1) is 5.01 Å². The number of halogens is 3. The first-order chi connectivity index (χ1) is 11.4. The Bertz CT molecular complexity index is 691. The lowest BCUT2D eigenvalue weighted by Crippen LogP contribution is -2.23. The number of carbonyl (C=O) groups is 1. The number of hydrogen-bond donors (Lipinski definition) is 2. The van der Waals surface area contributed by atoms with E-state index in [-0.39, 0.29) is 24.0 Å². The van der Waals surface area contributed by atoms with Crippen LogP contribution < -0.4 is 15.8 Å². The molecule has 2 rings (SSSR count). The van der Waals surface area contributed by atoms with Gasteiger partial charge in [0, 0.05) is 30.6 Å². The molecule has 0 radical (unpaired) electrons. The predicted octanol–water partition coefficient (Wildman–Crippen LogP) is 1.91. The first-order valence-electron chi connectivity index (χ1n) is 6.94. The first-order valence-corrected chi connectivity index (χ1v) is 7.82. The van der Waals surface area contributed by atoms with E-state index in [0.717, 1.165) is 5.01 Å². The third-order valence-electron chi connectivity index (χ3n) is 2.78. The second-order valence-electron chi connectivity index (χ2n) is 4.75. The third kappa shape index (κ3) is 5.78. The highest BCUT2D eigenvalue weighted by atomic mass is 32.1. The monoisotopic (exact) mass is 360 g/mol. The summed E-state index contributed by atoms with van der Waals surface area (Å²) < 4.78 is 40.9. The van der Waals surface area contributed by atoms with Crippen molar-refractivity contribution < 1.29 is 22.7 Å². The molecule has 0 aliphatic heterocycles. The highest BCUT2D eigenvalue weighted by Crippen LogP contribution is 2.17. The Morgan fingerprint density at radius 1 is 1.42 bits per heavy atom. The van der Waals surface area contributed by atoms with Gasteiger partial charge in [-0.05, 0) is 18.2 Å². The van der Waals surface area contributed by atoms with Crippen molar-refractivity contribution in [3.05, 3.63) is 40.0 Å². The van der Waals surface area contributed by atoms with Gasteiger partial charge in [-0.1, -0.05) is 0 Å². The van der Waals surface area contributed by atoms with Crippen molar-refractivity contribution in [3.63, 3.8) is 0 Å². The number of nitrogens with two attached hydrogens (primary N) is 1. The van der Waals surface area contributed by atoms with Crippen molar-refractivity contribution in [2.45, 2.75) is 19.1 Å². The summed E-state index contributed by atoms with van der Waals surface area (Å²) in [4.78, 5) is 19.8. The molecule has 2 heterocycles. The summed E-state index contributed by atoms with van der Waals surface area (Å²) in [6.07, 6.45) is -2.52. The Balaban J connectivity index is 1.90. The van der Waals surface area contributed by atoms with Gasteiger partial charge in [-0.25, -0.2) is 9.97 Å². The lowest BCUT2D eigenvalue weighted by molar-refractivity contribution is -0.154. The normalized spacial score (nSPS) is 11.3. The van der Waals surface area contributed by atoms with Crippen LogP contribution in [0, 0.1) is 0 Å². The molecule has 2 aromatic heterocycles. The summed E-state index contributed by atoms with van der Waals surface area (Å²) in [5, 5.41) is 5.04. The Morgan fingerprint density at radius 2 is 2.21 bits per heavy atom. The van der Waals surface area contributed by atoms with Crippen LogP contribution in [0.5, 0.6) is 5.88 Å². The van der Waals surface area contributed by atoms with Gasteiger partial charge in [0.1, 0.15) is 5.69 Å². The van der Waals surface area contributed by atoms with Crippen LogP contribution in [0.1, 0.15) is 21.1 Å². The molecular formula is C14H15F3N4O2S. The summed E-state index contributed by atoms with van der Waals surface area (Å²) >= 11 is 1.35. The number of hydrogen-bond acceptors (Lipinski definition) is 6. The smallest absolute Gasteiger partial charge is 0.422 e. The van der Waals surface area contributed by atoms with Crippen LogP contribution in [0.4, 0.5) is 13.2 Å². The fraction of sp³-hybridized carbons (Fsp3) is 0.357. The van der Waals surface area contributed by atoms with Gasteiger partial charge in [0.15, 0.2) is 6.61 Å². The van der Waals surface area contributed by atoms with Gasteiger partial charge < -0.3 is 15.8 Å². The summed E-state index contributed by atoms with van der Waals surface area (Å²) in [6, 6.07) is 2.91. The van der Waals surface area contributed by atoms with Crippen molar-refractivity contribution in [1.29, 1.82) is 0 Å². The average Bonchev–Trinajstić information content (AvgIpc) is 2.99. The summed E-state index contributed by atoms with van der Waals surface area (Å²) in [7, 11) is 0. The fourth-order valence-corrected chi connectivity index (χ4v) is 2.52. The standard InChI is InChI=1S/C14H15F3N4O2S/c15-14(16,17)8-23-11-5-9(2-4-19-11)6-20-13(22)10-7-24-12(21-10)1-3-18/h2,4-5,7H,1,3,6,8,18H2,(H,20,22). The quantitative estimate of drug-likeness (QED) is 0.787. The number of pyridine rings is 1. The minimum Gasteiger partial charge on any atom is -0.468 e. The Kier molecular flexibility index (Phi) is 6.10. The van der Waals surface area contributed by atoms with E-state index in [9.17, 15) is 18.0 Å². The van der Waals surface area contributed by atoms with Gasteiger partial charge in [0.2, 0.25) is 5.88 Å². The van der Waals surface area contributed by atoms with E-state index < -0.39 is 12.8 Å². The van der Waals surface area contributed by atoms with Crippen molar-refractivity contribution in [2.75, 3.05) is 13.2 Å². The van der Waals surface area contributed by atoms with E-state index in [1.54, 1.807) is 11.4 Å². The van der Waals surface area contributed by atoms with Gasteiger partial charge in [-0.3, -0.25) is 4.79 Å². The first kappa shape index (κ1) is 18.1. The molecule has 0 aliphatic rings. The molecule has 0 aliphatic carbocycles. The van der Waals surface area contributed by atoms with Crippen molar-refractivity contribution in [3.8, 4) is 5.88 Å². The van der Waals surface area contributed by atoms with E-state index >= 15 is 0 Å². The molecule has 2 aromatic rings. The molecule has 0 unspecified atom stereocenters. The maximum atomic E-state index is 12.1. The van der Waals surface area contributed by atoms with E-state index in [0.29, 0.717) is 18.5 Å². The van der Waals surface area contributed by atoms with Crippen LogP contribution in [0.2, 0.25) is 0 Å². The number of nitrogens with one attached hydrogen (secondary N) is 1. The van der Waals surface area contributed by atoms with Crippen molar-refractivity contribution in [2.24, 2.45) is 5.73 Å². The van der Waals surface area contributed by atoms with Crippen LogP contribution in [-0.4, -0.2) is 35.2 Å². The van der Waals surface area contributed by atoms with Gasteiger partial charge in [-0.15, -0.1) is 11.3 Å². The highest BCUT2D eigenvalue weighted by molar-refractivity contribution is 7.09. The molecule has 3 N–H and O–H groups in total. The summed E-state index contributed by atoms with van der Waals surface area (Å²) in [6.45, 7) is -0.849. The zero-order valence-electron chi connectivity index (χ0n) is 12.5. The number of thiazole rings is 1. The third-order valence-corrected chi connectivity index (χ3v) is 3.69. The molecule has 0 bridgehead atoms. The maximum absolute atomic E-state index is 12.1. The number of rotatable bonds is 7. The Labute approximate surface area is 139 Å². The van der Waals surface area contributed by atoms with Gasteiger partial charge in [0.25, 0.3) is 5.91 Å². The second-order valence-corrected chi connectivity index (χ2v) is 5.70. The number of carbonyl (C=O) groups excluding carboxylic acids is 1. The molecule has 0 spiro atoms. The number of aromatic nitrogens is 2. The average molecular weight is 360 g/mol. The Hall–Kier alpha value is -2.20. The van der Waals surface area contributed by atoms with E-state index in [2.05, 4.69) is 20.0 Å². The van der Waals surface area contributed by atoms with Crippen LogP contribution in [0.3, 0.4) is 0 Å². The molecule has 0 atom stereocenters. The minimum atomic E-state index is -4.43. The number of nitrogens with zero attached hydrogens (tertiary/aromatic N) is 2. The predicted molar refractivity (Wildman–Crippen MR) is 81.8 cm³/mol. The summed E-state index contributed by atoms with van der Waals surface area (Å²) in [5.41, 5.74) is 6.27. The molecule has 1 amide bonds. The maximum Gasteiger partial charge on any atom is 0.422 e. The fourth-order valence-electron chi connectivity index (χ4n) is 1.72. The van der Waals surface area contributed by atoms with Crippen LogP contribution in [0.15, 0.2) is 23.7 Å². The van der Waals surface area contributed by atoms with E-state index in [4.69, 9.17) is 5.73 Å². The summed E-state index contributed by atoms with van der Waals surface area (Å²) in [5.74, 6) is -0.526. The second kappa shape index (κ2) is 8.06. The topological polar surface area (TPSA) is 90.1 Å². The molecule has 24 heavy (non-hydrogen) atoms. The van der Waals surface area contributed by atoms with Crippen LogP contribution in [0.25, 0.3) is 0 Å². The largest absolute Gasteiger partial charge is 0.468 e. The SMILES string of the molecule is NCCc1nc(C(=O)NCc2ccnc(OCC(F)(F)F)c2)cs1. The van der Waals surface area contributed by atoms with Gasteiger partial charge in [-0.2, -0.15) is 13.2 Å². The molecule has 0 saturated carbocycles. The van der Waals surface area contributed by atoms with Crippen LogP contribution >= 0.6 is 11.3 Å². The molecule has 6 nitrogen and oxygen atoms in total. The molecule has 0 fully saturated rings. The lowest BCUT2D eigenvalue weighted by Gasteiger charge is -2.09. The molecule has 10 heteroatoms. The molecule has 0 aromatic carbocycles. The molecular weight excluding hydrogens is 345 g/mol. The zero-order chi connectivity index (χ0) is 17.6. The Morgan fingerprint density at radius 3 is 2.92 bits per heavy atom. The van der Waals surface area contributed by atoms with Gasteiger partial charge >= 0.3 is 6.18 Å². The number of alkyl halides is 3. The van der Waals surface area contributed by atoms with E-state index in [1.165, 1.54) is 23.6 Å². The number of amides is 1. The van der Waals surface area contributed by atoms with Crippen LogP contribution in [-0.2, 0) is 13.0 Å². The highest BCUT2D eigenvalue weighted by Gasteiger charge is 2.28. The number of ether oxygens (including phenoxy) is 1.